The zero-order chi connectivity index (χ0) is 13.1. The average molecular weight is 256 g/mol. The normalized spacial score (nSPS) is 30.6. The van der Waals surface area contributed by atoms with E-state index in [2.05, 4.69) is 0 Å². The van der Waals surface area contributed by atoms with Gasteiger partial charge < -0.3 is 15.1 Å². The first-order valence-corrected chi connectivity index (χ1v) is 6.92. The number of likely N-dealkylation sites (tertiary alicyclic amines) is 1. The number of aliphatic hydroxyl groups is 2. The molecular weight excluding hydrogens is 232 g/mol. The van der Waals surface area contributed by atoms with Crippen LogP contribution in [0.3, 0.4) is 0 Å². The van der Waals surface area contributed by atoms with Gasteiger partial charge in [0.15, 0.2) is 0 Å². The molecule has 2 aliphatic rings. The highest BCUT2D eigenvalue weighted by Crippen LogP contribution is 2.22. The molecule has 1 aliphatic carbocycles. The number of likely N-dealkylation sites (N-methyl/N-ethyl adjacent to an activating group) is 1. The highest BCUT2D eigenvalue weighted by atomic mass is 16.3. The van der Waals surface area contributed by atoms with Crippen molar-refractivity contribution in [2.24, 2.45) is 0 Å². The molecule has 0 spiro atoms. The SMILES string of the molecule is CN(C(=O)CN1CC(O)C(O)C1)C1CCCCC1. The fourth-order valence-electron chi connectivity index (χ4n) is 2.95. The lowest BCUT2D eigenvalue weighted by molar-refractivity contribution is -0.133. The fourth-order valence-corrected chi connectivity index (χ4v) is 2.95. The van der Waals surface area contributed by atoms with E-state index in [9.17, 15) is 15.0 Å². The Balaban J connectivity index is 1.80. The molecule has 1 amide bonds. The van der Waals surface area contributed by atoms with Gasteiger partial charge in [-0.05, 0) is 12.8 Å². The first-order chi connectivity index (χ1) is 8.58. The van der Waals surface area contributed by atoms with Crippen LogP contribution in [-0.2, 0) is 4.79 Å². The summed E-state index contributed by atoms with van der Waals surface area (Å²) in [5.41, 5.74) is 0. The Morgan fingerprint density at radius 2 is 1.72 bits per heavy atom. The second kappa shape index (κ2) is 5.99. The van der Waals surface area contributed by atoms with Crippen LogP contribution < -0.4 is 0 Å². The van der Waals surface area contributed by atoms with Crippen molar-refractivity contribution in [2.45, 2.75) is 50.4 Å². The molecule has 0 aromatic rings. The summed E-state index contributed by atoms with van der Waals surface area (Å²) in [5.74, 6) is 0.100. The topological polar surface area (TPSA) is 64.0 Å². The van der Waals surface area contributed by atoms with Crippen molar-refractivity contribution in [1.29, 1.82) is 0 Å². The Morgan fingerprint density at radius 1 is 1.17 bits per heavy atom. The average Bonchev–Trinajstić information content (AvgIpc) is 2.68. The number of hydrogen-bond donors (Lipinski definition) is 2. The lowest BCUT2D eigenvalue weighted by Crippen LogP contribution is -2.43. The molecule has 0 aromatic heterocycles. The van der Waals surface area contributed by atoms with Gasteiger partial charge in [-0.1, -0.05) is 19.3 Å². The number of β-amino-alcohol motifs (C(OH)–C–C–N with tert-alkyl or cyclic N) is 2. The number of rotatable bonds is 3. The van der Waals surface area contributed by atoms with Crippen LogP contribution in [0.25, 0.3) is 0 Å². The van der Waals surface area contributed by atoms with Gasteiger partial charge in [0, 0.05) is 26.2 Å². The van der Waals surface area contributed by atoms with E-state index in [1.165, 1.54) is 19.3 Å². The minimum Gasteiger partial charge on any atom is -0.389 e. The Morgan fingerprint density at radius 3 is 2.28 bits per heavy atom. The highest BCUT2D eigenvalue weighted by molar-refractivity contribution is 5.78. The quantitative estimate of drug-likeness (QED) is 0.735. The van der Waals surface area contributed by atoms with Crippen LogP contribution in [0.15, 0.2) is 0 Å². The van der Waals surface area contributed by atoms with E-state index in [-0.39, 0.29) is 5.91 Å². The van der Waals surface area contributed by atoms with Gasteiger partial charge in [0.25, 0.3) is 0 Å². The van der Waals surface area contributed by atoms with Crippen LogP contribution in [0, 0.1) is 0 Å². The second-order valence-corrected chi connectivity index (χ2v) is 5.63. The molecule has 1 saturated carbocycles. The Labute approximate surface area is 108 Å². The molecule has 1 saturated heterocycles. The largest absolute Gasteiger partial charge is 0.389 e. The molecule has 2 fully saturated rings. The molecule has 2 unspecified atom stereocenters. The summed E-state index contributed by atoms with van der Waals surface area (Å²) in [7, 11) is 1.88. The zero-order valence-corrected chi connectivity index (χ0v) is 11.1. The van der Waals surface area contributed by atoms with Crippen LogP contribution >= 0.6 is 0 Å². The fraction of sp³-hybridized carbons (Fsp3) is 0.923. The molecule has 18 heavy (non-hydrogen) atoms. The van der Waals surface area contributed by atoms with Crippen molar-refractivity contribution in [1.82, 2.24) is 9.80 Å². The monoisotopic (exact) mass is 256 g/mol. The van der Waals surface area contributed by atoms with E-state index in [0.29, 0.717) is 25.7 Å². The molecule has 1 heterocycles. The summed E-state index contributed by atoms with van der Waals surface area (Å²) in [4.78, 5) is 15.8. The Hall–Kier alpha value is -0.650. The summed E-state index contributed by atoms with van der Waals surface area (Å²) in [6, 6.07) is 0.378. The van der Waals surface area contributed by atoms with Gasteiger partial charge in [0.2, 0.25) is 5.91 Å². The third kappa shape index (κ3) is 3.22. The number of carbonyl (C=O) groups is 1. The summed E-state index contributed by atoms with van der Waals surface area (Å²) in [6.45, 7) is 1.10. The molecule has 104 valence electrons. The predicted molar refractivity (Wildman–Crippen MR) is 68.1 cm³/mol. The molecule has 0 bridgehead atoms. The van der Waals surface area contributed by atoms with Crippen molar-refractivity contribution in [3.63, 3.8) is 0 Å². The third-order valence-electron chi connectivity index (χ3n) is 4.21. The van der Waals surface area contributed by atoms with Gasteiger partial charge in [0.05, 0.1) is 18.8 Å². The van der Waals surface area contributed by atoms with Crippen LogP contribution in [0.1, 0.15) is 32.1 Å². The molecule has 0 radical (unpaired) electrons. The van der Waals surface area contributed by atoms with E-state index in [1.807, 2.05) is 16.8 Å². The maximum Gasteiger partial charge on any atom is 0.236 e. The number of nitrogens with zero attached hydrogens (tertiary/aromatic N) is 2. The highest BCUT2D eigenvalue weighted by Gasteiger charge is 2.32. The van der Waals surface area contributed by atoms with Crippen LogP contribution in [0.4, 0.5) is 0 Å². The maximum absolute atomic E-state index is 12.1. The van der Waals surface area contributed by atoms with Crippen molar-refractivity contribution >= 4 is 5.91 Å². The maximum atomic E-state index is 12.1. The van der Waals surface area contributed by atoms with Gasteiger partial charge in [-0.2, -0.15) is 0 Å². The number of carbonyl (C=O) groups excluding carboxylic acids is 1. The van der Waals surface area contributed by atoms with Crippen molar-refractivity contribution in [2.75, 3.05) is 26.7 Å². The minimum atomic E-state index is -0.710. The minimum absolute atomic E-state index is 0.100. The predicted octanol–water partition coefficient (Wildman–Crippen LogP) is -0.185. The molecule has 2 atom stereocenters. The molecule has 1 aliphatic heterocycles. The van der Waals surface area contributed by atoms with E-state index in [0.717, 1.165) is 12.8 Å². The zero-order valence-electron chi connectivity index (χ0n) is 11.1. The Kier molecular flexibility index (Phi) is 4.59. The molecule has 2 N–H and O–H groups in total. The standard InChI is InChI=1S/C13H24N2O3/c1-14(10-5-3-2-4-6-10)13(18)9-15-7-11(16)12(17)8-15/h10-12,16-17H,2-9H2,1H3. The summed E-state index contributed by atoms with van der Waals surface area (Å²) >= 11 is 0. The van der Waals surface area contributed by atoms with Crippen LogP contribution in [-0.4, -0.2) is 70.9 Å². The Bertz CT molecular complexity index is 282. The summed E-state index contributed by atoms with van der Waals surface area (Å²) in [6.07, 6.45) is 4.49. The summed E-state index contributed by atoms with van der Waals surface area (Å²) in [5, 5.41) is 18.9. The number of amides is 1. The lowest BCUT2D eigenvalue weighted by Gasteiger charge is -2.32. The first-order valence-electron chi connectivity index (χ1n) is 6.92. The summed E-state index contributed by atoms with van der Waals surface area (Å²) < 4.78 is 0. The smallest absolute Gasteiger partial charge is 0.236 e. The van der Waals surface area contributed by atoms with Gasteiger partial charge >= 0.3 is 0 Å². The molecule has 2 rings (SSSR count). The van der Waals surface area contributed by atoms with Crippen molar-refractivity contribution in [3.8, 4) is 0 Å². The third-order valence-corrected chi connectivity index (χ3v) is 4.21. The molecule has 5 nitrogen and oxygen atoms in total. The lowest BCUT2D eigenvalue weighted by atomic mass is 9.94. The van der Waals surface area contributed by atoms with Crippen LogP contribution in [0.5, 0.6) is 0 Å². The van der Waals surface area contributed by atoms with E-state index >= 15 is 0 Å². The van der Waals surface area contributed by atoms with E-state index in [4.69, 9.17) is 0 Å². The molecule has 5 heteroatoms. The van der Waals surface area contributed by atoms with Crippen molar-refractivity contribution in [3.05, 3.63) is 0 Å². The van der Waals surface area contributed by atoms with E-state index in [1.54, 1.807) is 0 Å². The number of aliphatic hydroxyl groups excluding tert-OH is 2. The van der Waals surface area contributed by atoms with Crippen molar-refractivity contribution < 1.29 is 15.0 Å². The van der Waals surface area contributed by atoms with Gasteiger partial charge in [0.1, 0.15) is 0 Å². The van der Waals surface area contributed by atoms with E-state index < -0.39 is 12.2 Å². The number of hydrogen-bond acceptors (Lipinski definition) is 4. The first kappa shape index (κ1) is 13.8. The van der Waals surface area contributed by atoms with Gasteiger partial charge in [-0.25, -0.2) is 0 Å². The molecule has 0 aromatic carbocycles. The van der Waals surface area contributed by atoms with Crippen LogP contribution in [0.2, 0.25) is 0 Å². The van der Waals surface area contributed by atoms with Gasteiger partial charge in [-0.15, -0.1) is 0 Å². The van der Waals surface area contributed by atoms with Gasteiger partial charge in [-0.3, -0.25) is 9.69 Å². The molecular formula is C13H24N2O3. The second-order valence-electron chi connectivity index (χ2n) is 5.63.